The maximum Gasteiger partial charge on any atom is 0.410 e. The third kappa shape index (κ3) is 4.76. The quantitative estimate of drug-likeness (QED) is 0.453. The fourth-order valence-electron chi connectivity index (χ4n) is 3.12. The van der Waals surface area contributed by atoms with Crippen LogP contribution in [0.5, 0.6) is 0 Å². The van der Waals surface area contributed by atoms with Crippen LogP contribution in [-0.4, -0.2) is 59.6 Å². The topological polar surface area (TPSA) is 98.6 Å². The average molecular weight is 323 g/mol. The van der Waals surface area contributed by atoms with Crippen LogP contribution in [0.2, 0.25) is 0 Å². The van der Waals surface area contributed by atoms with Crippen molar-refractivity contribution in [3.8, 4) is 0 Å². The fourth-order valence-corrected chi connectivity index (χ4v) is 3.12. The smallest absolute Gasteiger partial charge is 0.410 e. The van der Waals surface area contributed by atoms with Crippen molar-refractivity contribution in [3.05, 3.63) is 10.4 Å². The van der Waals surface area contributed by atoms with Crippen LogP contribution in [0.25, 0.3) is 10.4 Å². The van der Waals surface area contributed by atoms with Gasteiger partial charge in [0.25, 0.3) is 0 Å². The molecule has 0 bridgehead atoms. The molecule has 2 aliphatic heterocycles. The number of ether oxygens (including phenoxy) is 1. The highest BCUT2D eigenvalue weighted by atomic mass is 16.6. The van der Waals surface area contributed by atoms with Gasteiger partial charge in [-0.15, -0.1) is 0 Å². The number of hydrogen-bond acceptors (Lipinski definition) is 4. The third-order valence-corrected chi connectivity index (χ3v) is 4.20. The van der Waals surface area contributed by atoms with E-state index in [1.807, 2.05) is 25.7 Å². The lowest BCUT2D eigenvalue weighted by atomic mass is 10.0. The Morgan fingerprint density at radius 1 is 1.39 bits per heavy atom. The first kappa shape index (κ1) is 17.4. The van der Waals surface area contributed by atoms with E-state index in [1.54, 1.807) is 4.90 Å². The lowest BCUT2D eigenvalue weighted by Crippen LogP contribution is -2.48. The van der Waals surface area contributed by atoms with Gasteiger partial charge in [0.15, 0.2) is 0 Å². The van der Waals surface area contributed by atoms with E-state index in [0.717, 1.165) is 12.8 Å². The predicted molar refractivity (Wildman–Crippen MR) is 84.7 cm³/mol. The maximum absolute atomic E-state index is 12.1. The third-order valence-electron chi connectivity index (χ3n) is 4.20. The molecular formula is C15H25N5O3. The van der Waals surface area contributed by atoms with Crippen molar-refractivity contribution in [2.24, 2.45) is 11.0 Å². The van der Waals surface area contributed by atoms with Crippen LogP contribution in [-0.2, 0) is 9.53 Å². The summed E-state index contributed by atoms with van der Waals surface area (Å²) in [6.45, 7) is 7.78. The number of likely N-dealkylation sites (tertiary alicyclic amines) is 2. The van der Waals surface area contributed by atoms with Gasteiger partial charge in [-0.2, -0.15) is 0 Å². The Balaban J connectivity index is 1.83. The van der Waals surface area contributed by atoms with Gasteiger partial charge in [-0.1, -0.05) is 5.11 Å². The first-order valence-electron chi connectivity index (χ1n) is 8.08. The summed E-state index contributed by atoms with van der Waals surface area (Å²) in [5, 5.41) is 3.57. The molecule has 2 rings (SSSR count). The van der Waals surface area contributed by atoms with E-state index in [2.05, 4.69) is 10.0 Å². The minimum absolute atomic E-state index is 0.113. The zero-order valence-corrected chi connectivity index (χ0v) is 14.1. The van der Waals surface area contributed by atoms with Crippen molar-refractivity contribution in [2.75, 3.05) is 26.2 Å². The molecule has 2 heterocycles. The molecule has 128 valence electrons. The summed E-state index contributed by atoms with van der Waals surface area (Å²) in [6.07, 6.45) is 1.69. The first-order valence-corrected chi connectivity index (χ1v) is 8.08. The number of carbonyl (C=O) groups excluding carboxylic acids is 2. The Bertz CT molecular complexity index is 502. The van der Waals surface area contributed by atoms with Crippen LogP contribution in [0.4, 0.5) is 4.79 Å². The molecule has 8 nitrogen and oxygen atoms in total. The highest BCUT2D eigenvalue weighted by Crippen LogP contribution is 2.26. The zero-order valence-electron chi connectivity index (χ0n) is 14.1. The Morgan fingerprint density at radius 2 is 2.04 bits per heavy atom. The van der Waals surface area contributed by atoms with E-state index >= 15 is 0 Å². The Hall–Kier alpha value is -1.95. The maximum atomic E-state index is 12.1. The van der Waals surface area contributed by atoms with Crippen molar-refractivity contribution in [3.63, 3.8) is 0 Å². The number of carbonyl (C=O) groups is 2. The molecule has 1 atom stereocenters. The second-order valence-corrected chi connectivity index (χ2v) is 7.23. The van der Waals surface area contributed by atoms with E-state index in [4.69, 9.17) is 10.3 Å². The lowest BCUT2D eigenvalue weighted by molar-refractivity contribution is -0.130. The van der Waals surface area contributed by atoms with E-state index < -0.39 is 5.60 Å². The van der Waals surface area contributed by atoms with E-state index in [1.165, 1.54) is 0 Å². The van der Waals surface area contributed by atoms with Crippen LogP contribution in [0.15, 0.2) is 5.11 Å². The molecule has 0 aromatic rings. The van der Waals surface area contributed by atoms with Crippen molar-refractivity contribution in [2.45, 2.75) is 51.7 Å². The predicted octanol–water partition coefficient (Wildman–Crippen LogP) is 2.54. The summed E-state index contributed by atoms with van der Waals surface area (Å²) in [5.41, 5.74) is 7.89. The molecule has 0 aliphatic carbocycles. The van der Waals surface area contributed by atoms with Crippen molar-refractivity contribution in [1.82, 2.24) is 9.80 Å². The first-order chi connectivity index (χ1) is 10.8. The molecule has 2 fully saturated rings. The van der Waals surface area contributed by atoms with Gasteiger partial charge in [0, 0.05) is 43.6 Å². The Labute approximate surface area is 136 Å². The van der Waals surface area contributed by atoms with Crippen molar-refractivity contribution in [1.29, 1.82) is 0 Å². The number of rotatable bonds is 3. The van der Waals surface area contributed by atoms with Gasteiger partial charge in [0.1, 0.15) is 5.60 Å². The number of nitrogens with zero attached hydrogens (tertiary/aromatic N) is 5. The number of hydrogen-bond donors (Lipinski definition) is 0. The molecule has 0 spiro atoms. The number of amides is 2. The van der Waals surface area contributed by atoms with Gasteiger partial charge in [0.05, 0.1) is 0 Å². The molecule has 23 heavy (non-hydrogen) atoms. The summed E-state index contributed by atoms with van der Waals surface area (Å²) in [7, 11) is 0. The minimum Gasteiger partial charge on any atom is -0.444 e. The highest BCUT2D eigenvalue weighted by Gasteiger charge is 2.36. The Kier molecular flexibility index (Phi) is 5.36. The zero-order chi connectivity index (χ0) is 17.0. The van der Waals surface area contributed by atoms with Crippen LogP contribution >= 0.6 is 0 Å². The molecule has 8 heteroatoms. The number of piperidine rings is 1. The molecule has 1 unspecified atom stereocenters. The lowest BCUT2D eigenvalue weighted by Gasteiger charge is -2.37. The normalized spacial score (nSPS) is 22.9. The summed E-state index contributed by atoms with van der Waals surface area (Å²) < 4.78 is 5.38. The average Bonchev–Trinajstić information content (AvgIpc) is 2.84. The number of azide groups is 1. The summed E-state index contributed by atoms with van der Waals surface area (Å²) >= 11 is 0. The summed E-state index contributed by atoms with van der Waals surface area (Å²) in [5.74, 6) is 0.237. The molecular weight excluding hydrogens is 298 g/mol. The SMILES string of the molecule is CC(C)(C)OC(=O)N1CCC(N2CC(CN=[N+]=[N-])CC2=O)CC1. The molecule has 0 saturated carbocycles. The van der Waals surface area contributed by atoms with E-state index in [-0.39, 0.29) is 24.0 Å². The van der Waals surface area contributed by atoms with E-state index in [9.17, 15) is 9.59 Å². The second kappa shape index (κ2) is 7.08. The monoisotopic (exact) mass is 323 g/mol. The molecule has 0 aromatic heterocycles. The van der Waals surface area contributed by atoms with Crippen LogP contribution in [0.3, 0.4) is 0 Å². The second-order valence-electron chi connectivity index (χ2n) is 7.23. The molecule has 2 saturated heterocycles. The van der Waals surface area contributed by atoms with Gasteiger partial charge in [-0.3, -0.25) is 4.79 Å². The standard InChI is InChI=1S/C15H25N5O3/c1-15(2,3)23-14(22)19-6-4-12(5-7-19)20-10-11(8-13(20)21)9-17-18-16/h11-12H,4-10H2,1-3H3. The highest BCUT2D eigenvalue weighted by molar-refractivity contribution is 5.79. The molecule has 2 aliphatic rings. The van der Waals surface area contributed by atoms with Crippen LogP contribution < -0.4 is 0 Å². The summed E-state index contributed by atoms with van der Waals surface area (Å²) in [6, 6.07) is 0.164. The van der Waals surface area contributed by atoms with Crippen LogP contribution in [0.1, 0.15) is 40.0 Å². The largest absolute Gasteiger partial charge is 0.444 e. The molecule has 0 aromatic carbocycles. The van der Waals surface area contributed by atoms with Crippen molar-refractivity contribution >= 4 is 12.0 Å². The van der Waals surface area contributed by atoms with Gasteiger partial charge >= 0.3 is 6.09 Å². The van der Waals surface area contributed by atoms with Gasteiger partial charge in [-0.25, -0.2) is 4.79 Å². The molecule has 0 radical (unpaired) electrons. The fraction of sp³-hybridized carbons (Fsp3) is 0.867. The van der Waals surface area contributed by atoms with Crippen LogP contribution in [0, 0.1) is 5.92 Å². The summed E-state index contributed by atoms with van der Waals surface area (Å²) in [4.78, 5) is 30.5. The van der Waals surface area contributed by atoms with Gasteiger partial charge in [-0.05, 0) is 45.1 Å². The molecule has 0 N–H and O–H groups in total. The van der Waals surface area contributed by atoms with Gasteiger partial charge < -0.3 is 14.5 Å². The van der Waals surface area contributed by atoms with Crippen molar-refractivity contribution < 1.29 is 14.3 Å². The Morgan fingerprint density at radius 3 is 2.61 bits per heavy atom. The molecule has 2 amide bonds. The van der Waals surface area contributed by atoms with E-state index in [0.29, 0.717) is 32.6 Å². The minimum atomic E-state index is -0.493. The van der Waals surface area contributed by atoms with Gasteiger partial charge in [0.2, 0.25) is 5.91 Å².